The first-order valence-corrected chi connectivity index (χ1v) is 9.36. The highest BCUT2D eigenvalue weighted by Gasteiger charge is 2.17. The molecule has 0 aromatic heterocycles. The lowest BCUT2D eigenvalue weighted by Gasteiger charge is -2.17. The quantitative estimate of drug-likeness (QED) is 0.521. The van der Waals surface area contributed by atoms with Crippen molar-refractivity contribution in [2.45, 2.75) is 37.7 Å². The van der Waals surface area contributed by atoms with Gasteiger partial charge in [-0.2, -0.15) is 0 Å². The molecule has 2 N–H and O–H groups in total. The molecule has 2 aromatic rings. The zero-order chi connectivity index (χ0) is 18.2. The van der Waals surface area contributed by atoms with Gasteiger partial charge in [-0.15, -0.1) is 11.8 Å². The number of carbonyl (C=O) groups excluding carboxylic acids is 1. The summed E-state index contributed by atoms with van der Waals surface area (Å²) < 4.78 is 5.72. The van der Waals surface area contributed by atoms with Crippen molar-refractivity contribution in [2.75, 3.05) is 12.4 Å². The molecule has 0 bridgehead atoms. The van der Waals surface area contributed by atoms with Crippen LogP contribution >= 0.6 is 11.8 Å². The van der Waals surface area contributed by atoms with Gasteiger partial charge in [0.15, 0.2) is 5.78 Å². The van der Waals surface area contributed by atoms with Gasteiger partial charge in [0.05, 0.1) is 11.7 Å². The Balaban J connectivity index is 1.99. The Morgan fingerprint density at radius 2 is 1.92 bits per heavy atom. The van der Waals surface area contributed by atoms with Crippen LogP contribution in [0.3, 0.4) is 0 Å². The SMILES string of the molecule is CCCc1c(OCC(O)CSc2ccccc2)ccc(C(C)=O)c1O. The number of Topliss-reactive ketones (excluding diaryl/α,β-unsaturated/α-hetero) is 1. The Hall–Kier alpha value is -1.98. The van der Waals surface area contributed by atoms with Crippen LogP contribution in [0.5, 0.6) is 11.5 Å². The second-order valence-corrected chi connectivity index (χ2v) is 6.93. The number of aromatic hydroxyl groups is 1. The summed E-state index contributed by atoms with van der Waals surface area (Å²) in [5.74, 6) is 0.846. The van der Waals surface area contributed by atoms with Crippen LogP contribution in [0.15, 0.2) is 47.4 Å². The molecule has 134 valence electrons. The molecule has 0 spiro atoms. The number of hydrogen-bond donors (Lipinski definition) is 2. The van der Waals surface area contributed by atoms with Gasteiger partial charge < -0.3 is 14.9 Å². The van der Waals surface area contributed by atoms with E-state index in [9.17, 15) is 15.0 Å². The summed E-state index contributed by atoms with van der Waals surface area (Å²) in [6.45, 7) is 3.56. The maximum absolute atomic E-state index is 11.6. The maximum Gasteiger partial charge on any atom is 0.163 e. The van der Waals surface area contributed by atoms with Crippen molar-refractivity contribution in [1.29, 1.82) is 0 Å². The third kappa shape index (κ3) is 5.51. The van der Waals surface area contributed by atoms with Gasteiger partial charge in [0.1, 0.15) is 18.1 Å². The zero-order valence-electron chi connectivity index (χ0n) is 14.6. The Morgan fingerprint density at radius 1 is 1.20 bits per heavy atom. The van der Waals surface area contributed by atoms with Gasteiger partial charge in [-0.05, 0) is 37.6 Å². The van der Waals surface area contributed by atoms with Crippen molar-refractivity contribution in [2.24, 2.45) is 0 Å². The standard InChI is InChI=1S/C20H24O4S/c1-3-7-18-19(11-10-17(14(2)21)20(18)23)24-12-15(22)13-25-16-8-5-4-6-9-16/h4-6,8-11,15,22-23H,3,7,12-13H2,1-2H3. The average Bonchev–Trinajstić information content (AvgIpc) is 2.61. The summed E-state index contributed by atoms with van der Waals surface area (Å²) in [6, 6.07) is 13.1. The van der Waals surface area contributed by atoms with E-state index in [1.165, 1.54) is 6.92 Å². The lowest BCUT2D eigenvalue weighted by atomic mass is 10.0. The Kier molecular flexibility index (Phi) is 7.34. The van der Waals surface area contributed by atoms with E-state index in [-0.39, 0.29) is 18.1 Å². The molecule has 1 atom stereocenters. The molecule has 4 nitrogen and oxygen atoms in total. The summed E-state index contributed by atoms with van der Waals surface area (Å²) in [4.78, 5) is 12.7. The molecule has 2 aromatic carbocycles. The third-order valence-electron chi connectivity index (χ3n) is 3.74. The zero-order valence-corrected chi connectivity index (χ0v) is 15.4. The molecule has 0 saturated carbocycles. The minimum Gasteiger partial charge on any atom is -0.507 e. The number of carbonyl (C=O) groups is 1. The molecule has 0 aliphatic carbocycles. The number of ether oxygens (including phenoxy) is 1. The number of ketones is 1. The van der Waals surface area contributed by atoms with Crippen molar-refractivity contribution in [3.8, 4) is 11.5 Å². The summed E-state index contributed by atoms with van der Waals surface area (Å²) in [5.41, 5.74) is 0.925. The van der Waals surface area contributed by atoms with Crippen molar-refractivity contribution >= 4 is 17.5 Å². The van der Waals surface area contributed by atoms with Crippen LogP contribution < -0.4 is 4.74 Å². The molecule has 0 amide bonds. The fraction of sp³-hybridized carbons (Fsp3) is 0.350. The average molecular weight is 360 g/mol. The Morgan fingerprint density at radius 3 is 2.56 bits per heavy atom. The van der Waals surface area contributed by atoms with Crippen molar-refractivity contribution in [3.63, 3.8) is 0 Å². The van der Waals surface area contributed by atoms with Gasteiger partial charge in [0.25, 0.3) is 0 Å². The molecule has 25 heavy (non-hydrogen) atoms. The predicted octanol–water partition coefficient (Wildman–Crippen LogP) is 4.08. The highest BCUT2D eigenvalue weighted by molar-refractivity contribution is 7.99. The number of benzene rings is 2. The van der Waals surface area contributed by atoms with E-state index in [2.05, 4.69) is 0 Å². The second kappa shape index (κ2) is 9.49. The maximum atomic E-state index is 11.6. The van der Waals surface area contributed by atoms with Gasteiger partial charge in [0, 0.05) is 16.2 Å². The van der Waals surface area contributed by atoms with E-state index in [0.717, 1.165) is 11.3 Å². The molecular formula is C20H24O4S. The highest BCUT2D eigenvalue weighted by Crippen LogP contribution is 2.33. The third-order valence-corrected chi connectivity index (χ3v) is 4.89. The van der Waals surface area contributed by atoms with Crippen molar-refractivity contribution < 1.29 is 19.7 Å². The highest BCUT2D eigenvalue weighted by atomic mass is 32.2. The van der Waals surface area contributed by atoms with Gasteiger partial charge >= 0.3 is 0 Å². The van der Waals surface area contributed by atoms with Crippen LogP contribution in [-0.4, -0.2) is 34.5 Å². The van der Waals surface area contributed by atoms with E-state index in [0.29, 0.717) is 29.1 Å². The van der Waals surface area contributed by atoms with Crippen LogP contribution in [0.4, 0.5) is 0 Å². The first kappa shape index (κ1) is 19.3. The normalized spacial score (nSPS) is 12.0. The van der Waals surface area contributed by atoms with Crippen LogP contribution in [0.25, 0.3) is 0 Å². The number of rotatable bonds is 9. The largest absolute Gasteiger partial charge is 0.507 e. The van der Waals surface area contributed by atoms with Crippen molar-refractivity contribution in [1.82, 2.24) is 0 Å². The summed E-state index contributed by atoms with van der Waals surface area (Å²) in [6.07, 6.45) is 0.795. The molecule has 0 saturated heterocycles. The van der Waals surface area contributed by atoms with Gasteiger partial charge in [0.2, 0.25) is 0 Å². The molecule has 0 heterocycles. The molecule has 0 aliphatic heterocycles. The molecule has 0 radical (unpaired) electrons. The number of aliphatic hydroxyl groups is 1. The number of thioether (sulfide) groups is 1. The predicted molar refractivity (Wildman–Crippen MR) is 101 cm³/mol. The van der Waals surface area contributed by atoms with E-state index < -0.39 is 6.10 Å². The summed E-state index contributed by atoms with van der Waals surface area (Å²) in [7, 11) is 0. The molecular weight excluding hydrogens is 336 g/mol. The van der Waals surface area contributed by atoms with Crippen LogP contribution in [-0.2, 0) is 6.42 Å². The monoisotopic (exact) mass is 360 g/mol. The molecule has 2 rings (SSSR count). The molecule has 1 unspecified atom stereocenters. The fourth-order valence-corrected chi connectivity index (χ4v) is 3.30. The number of phenolic OH excluding ortho intramolecular Hbond substituents is 1. The Bertz CT molecular complexity index is 700. The molecule has 5 heteroatoms. The van der Waals surface area contributed by atoms with Gasteiger partial charge in [-0.1, -0.05) is 31.5 Å². The fourth-order valence-electron chi connectivity index (χ4n) is 2.47. The number of phenols is 1. The number of hydrogen-bond acceptors (Lipinski definition) is 5. The lowest BCUT2D eigenvalue weighted by molar-refractivity contribution is 0.101. The first-order chi connectivity index (χ1) is 12.0. The van der Waals surface area contributed by atoms with Crippen LogP contribution in [0.2, 0.25) is 0 Å². The minimum atomic E-state index is -0.630. The van der Waals surface area contributed by atoms with E-state index in [1.807, 2.05) is 37.3 Å². The van der Waals surface area contributed by atoms with E-state index >= 15 is 0 Å². The molecule has 0 fully saturated rings. The topological polar surface area (TPSA) is 66.8 Å². The first-order valence-electron chi connectivity index (χ1n) is 8.37. The van der Waals surface area contributed by atoms with Gasteiger partial charge in [-0.3, -0.25) is 4.79 Å². The summed E-state index contributed by atoms with van der Waals surface area (Å²) in [5, 5.41) is 20.5. The molecule has 0 aliphatic rings. The van der Waals surface area contributed by atoms with E-state index in [1.54, 1.807) is 23.9 Å². The van der Waals surface area contributed by atoms with Gasteiger partial charge in [-0.25, -0.2) is 0 Å². The number of aliphatic hydroxyl groups excluding tert-OH is 1. The second-order valence-electron chi connectivity index (χ2n) is 5.83. The minimum absolute atomic E-state index is 0.0139. The summed E-state index contributed by atoms with van der Waals surface area (Å²) >= 11 is 1.56. The smallest absolute Gasteiger partial charge is 0.163 e. The van der Waals surface area contributed by atoms with Crippen molar-refractivity contribution in [3.05, 3.63) is 53.6 Å². The van der Waals surface area contributed by atoms with Crippen LogP contribution in [0.1, 0.15) is 36.2 Å². The Labute approximate surface area is 152 Å². The van der Waals surface area contributed by atoms with E-state index in [4.69, 9.17) is 4.74 Å². The lowest BCUT2D eigenvalue weighted by Crippen LogP contribution is -2.20. The van der Waals surface area contributed by atoms with Crippen LogP contribution in [0, 0.1) is 0 Å².